The average Bonchev–Trinajstić information content (AvgIpc) is 2.39. The van der Waals surface area contributed by atoms with Crippen molar-refractivity contribution in [3.8, 4) is 0 Å². The summed E-state index contributed by atoms with van der Waals surface area (Å²) in [5.41, 5.74) is -0.452. The third kappa shape index (κ3) is 6.46. The summed E-state index contributed by atoms with van der Waals surface area (Å²) in [5, 5.41) is 8.43. The van der Waals surface area contributed by atoms with Crippen LogP contribution in [0.2, 0.25) is 5.02 Å². The molecule has 1 rings (SSSR count). The Morgan fingerprint density at radius 1 is 1.29 bits per heavy atom. The van der Waals surface area contributed by atoms with Crippen molar-refractivity contribution in [2.75, 3.05) is 19.8 Å². The maximum absolute atomic E-state index is 12.5. The second-order valence-electron chi connectivity index (χ2n) is 4.46. The molecule has 0 aliphatic rings. The Morgan fingerprint density at radius 3 is 2.57 bits per heavy atom. The van der Waals surface area contributed by atoms with Crippen LogP contribution in [-0.2, 0) is 22.1 Å². The molecule has 0 atom stereocenters. The first-order chi connectivity index (χ1) is 9.84. The normalized spacial score (nSPS) is 11.7. The molecule has 21 heavy (non-hydrogen) atoms. The molecular weight excluding hydrogens is 309 g/mol. The maximum atomic E-state index is 12.5. The number of halogens is 4. The van der Waals surface area contributed by atoms with Crippen LogP contribution in [0.15, 0.2) is 18.2 Å². The first kappa shape index (κ1) is 17.9. The van der Waals surface area contributed by atoms with Crippen molar-refractivity contribution in [3.63, 3.8) is 0 Å². The second kappa shape index (κ2) is 8.36. The van der Waals surface area contributed by atoms with Crippen LogP contribution in [0.4, 0.5) is 13.2 Å². The molecule has 0 amide bonds. The number of alkyl halides is 3. The van der Waals surface area contributed by atoms with Crippen molar-refractivity contribution in [3.05, 3.63) is 34.3 Å². The van der Waals surface area contributed by atoms with E-state index >= 15 is 0 Å². The van der Waals surface area contributed by atoms with Gasteiger partial charge in [-0.05, 0) is 24.1 Å². The van der Waals surface area contributed by atoms with Crippen LogP contribution in [0, 0.1) is 0 Å². The van der Waals surface area contributed by atoms with E-state index in [1.165, 1.54) is 6.07 Å². The van der Waals surface area contributed by atoms with E-state index in [9.17, 15) is 18.0 Å². The van der Waals surface area contributed by atoms with Crippen LogP contribution < -0.4 is 0 Å². The Bertz CT molecular complexity index is 475. The van der Waals surface area contributed by atoms with Crippen molar-refractivity contribution in [1.82, 2.24) is 0 Å². The van der Waals surface area contributed by atoms with Gasteiger partial charge in [0.15, 0.2) is 0 Å². The van der Waals surface area contributed by atoms with Crippen molar-refractivity contribution < 1.29 is 27.8 Å². The molecule has 118 valence electrons. The zero-order valence-electron chi connectivity index (χ0n) is 11.3. The molecule has 0 aromatic heterocycles. The van der Waals surface area contributed by atoms with Gasteiger partial charge in [0.25, 0.3) is 0 Å². The van der Waals surface area contributed by atoms with Gasteiger partial charge < -0.3 is 9.84 Å². The molecule has 0 saturated heterocycles. The predicted octanol–water partition coefficient (Wildman–Crippen LogP) is 3.26. The lowest BCUT2D eigenvalue weighted by atomic mass is 10.0. The molecule has 0 saturated carbocycles. The minimum absolute atomic E-state index is 0.00301. The molecular formula is C14H16ClF3O3. The molecule has 0 fully saturated rings. The number of carbonyl (C=O) groups is 1. The summed E-state index contributed by atoms with van der Waals surface area (Å²) in [6.45, 7) is 0.501. The van der Waals surface area contributed by atoms with Crippen LogP contribution in [0.1, 0.15) is 24.0 Å². The Labute approximate surface area is 125 Å². The van der Waals surface area contributed by atoms with E-state index in [-0.39, 0.29) is 36.9 Å². The van der Waals surface area contributed by atoms with Crippen LogP contribution in [0.3, 0.4) is 0 Å². The third-order valence-electron chi connectivity index (χ3n) is 2.75. The number of rotatable bonds is 8. The van der Waals surface area contributed by atoms with Gasteiger partial charge in [0.2, 0.25) is 0 Å². The van der Waals surface area contributed by atoms with Gasteiger partial charge in [0.1, 0.15) is 5.78 Å². The number of aliphatic hydroxyl groups excluding tert-OH is 1. The van der Waals surface area contributed by atoms with Gasteiger partial charge in [0.05, 0.1) is 18.8 Å². The highest BCUT2D eigenvalue weighted by Gasteiger charge is 2.30. The van der Waals surface area contributed by atoms with Crippen LogP contribution in [0.5, 0.6) is 0 Å². The largest absolute Gasteiger partial charge is 0.416 e. The molecule has 0 aliphatic carbocycles. The molecule has 1 aromatic rings. The Hall–Kier alpha value is -1.11. The number of benzene rings is 1. The highest BCUT2D eigenvalue weighted by atomic mass is 35.5. The fourth-order valence-corrected chi connectivity index (χ4v) is 1.95. The maximum Gasteiger partial charge on any atom is 0.416 e. The molecule has 1 N–H and O–H groups in total. The minimum Gasteiger partial charge on any atom is -0.394 e. The summed E-state index contributed by atoms with van der Waals surface area (Å²) < 4.78 is 42.4. The van der Waals surface area contributed by atoms with Gasteiger partial charge in [-0.2, -0.15) is 13.2 Å². The lowest BCUT2D eigenvalue weighted by molar-refractivity contribution is -0.137. The lowest BCUT2D eigenvalue weighted by Gasteiger charge is -2.09. The van der Waals surface area contributed by atoms with Crippen LogP contribution in [-0.4, -0.2) is 30.7 Å². The third-order valence-corrected chi connectivity index (χ3v) is 3.10. The highest BCUT2D eigenvalue weighted by Crippen LogP contribution is 2.32. The van der Waals surface area contributed by atoms with E-state index < -0.39 is 11.7 Å². The fraction of sp³-hybridized carbons (Fsp3) is 0.500. The van der Waals surface area contributed by atoms with E-state index in [2.05, 4.69) is 0 Å². The fourth-order valence-electron chi connectivity index (χ4n) is 1.71. The van der Waals surface area contributed by atoms with Gasteiger partial charge >= 0.3 is 6.18 Å². The van der Waals surface area contributed by atoms with Crippen LogP contribution >= 0.6 is 11.6 Å². The van der Waals surface area contributed by atoms with Gasteiger partial charge in [-0.3, -0.25) is 4.79 Å². The number of aliphatic hydroxyl groups is 1. The van der Waals surface area contributed by atoms with Crippen molar-refractivity contribution in [1.29, 1.82) is 0 Å². The average molecular weight is 325 g/mol. The number of Topliss-reactive ketones (excluding diaryl/α,β-unsaturated/α-hetero) is 1. The molecule has 1 aromatic carbocycles. The summed E-state index contributed by atoms with van der Waals surface area (Å²) in [6, 6.07) is 2.97. The molecule has 0 unspecified atom stereocenters. The summed E-state index contributed by atoms with van der Waals surface area (Å²) in [4.78, 5) is 11.7. The SMILES string of the molecule is O=C(CCCOCCO)Cc1ccc(C(F)(F)F)cc1Cl. The first-order valence-electron chi connectivity index (χ1n) is 6.40. The van der Waals surface area contributed by atoms with Crippen molar-refractivity contribution >= 4 is 17.4 Å². The standard InChI is InChI=1S/C14H16ClF3O3/c15-13-9-11(14(16,17)18)4-3-10(13)8-12(20)2-1-6-21-7-5-19/h3-4,9,19H,1-2,5-8H2. The van der Waals surface area contributed by atoms with E-state index in [4.69, 9.17) is 21.4 Å². The number of ether oxygens (including phenoxy) is 1. The monoisotopic (exact) mass is 324 g/mol. The Morgan fingerprint density at radius 2 is 2.00 bits per heavy atom. The zero-order chi connectivity index (χ0) is 15.9. The summed E-state index contributed by atoms with van der Waals surface area (Å²) in [6.07, 6.45) is -3.70. The summed E-state index contributed by atoms with van der Waals surface area (Å²) in [5.74, 6) is -0.121. The van der Waals surface area contributed by atoms with Gasteiger partial charge in [-0.25, -0.2) is 0 Å². The lowest BCUT2D eigenvalue weighted by Crippen LogP contribution is -2.08. The van der Waals surface area contributed by atoms with E-state index in [1.54, 1.807) is 0 Å². The second-order valence-corrected chi connectivity index (χ2v) is 4.87. The summed E-state index contributed by atoms with van der Waals surface area (Å²) >= 11 is 5.78. The summed E-state index contributed by atoms with van der Waals surface area (Å²) in [7, 11) is 0. The molecule has 7 heteroatoms. The Balaban J connectivity index is 2.49. The quantitative estimate of drug-likeness (QED) is 0.747. The van der Waals surface area contributed by atoms with Gasteiger partial charge in [-0.15, -0.1) is 0 Å². The highest BCUT2D eigenvalue weighted by molar-refractivity contribution is 6.31. The molecule has 0 bridgehead atoms. The van der Waals surface area contributed by atoms with E-state index in [0.29, 0.717) is 18.6 Å². The molecule has 0 spiro atoms. The number of hydrogen-bond donors (Lipinski definition) is 1. The van der Waals surface area contributed by atoms with Crippen LogP contribution in [0.25, 0.3) is 0 Å². The zero-order valence-corrected chi connectivity index (χ0v) is 12.0. The van der Waals surface area contributed by atoms with Gasteiger partial charge in [-0.1, -0.05) is 17.7 Å². The number of hydrogen-bond acceptors (Lipinski definition) is 3. The van der Waals surface area contributed by atoms with Gasteiger partial charge in [0, 0.05) is 24.5 Å². The van der Waals surface area contributed by atoms with Crippen molar-refractivity contribution in [2.24, 2.45) is 0 Å². The van der Waals surface area contributed by atoms with E-state index in [1.807, 2.05) is 0 Å². The topological polar surface area (TPSA) is 46.5 Å². The van der Waals surface area contributed by atoms with E-state index in [0.717, 1.165) is 12.1 Å². The molecule has 3 nitrogen and oxygen atoms in total. The number of carbonyl (C=O) groups excluding carboxylic acids is 1. The smallest absolute Gasteiger partial charge is 0.394 e. The minimum atomic E-state index is -4.45. The predicted molar refractivity (Wildman–Crippen MR) is 72.3 cm³/mol. The molecule has 0 radical (unpaired) electrons. The number of ketones is 1. The Kier molecular flexibility index (Phi) is 7.14. The molecule has 0 aliphatic heterocycles. The molecule has 0 heterocycles. The van der Waals surface area contributed by atoms with Crippen molar-refractivity contribution in [2.45, 2.75) is 25.4 Å². The first-order valence-corrected chi connectivity index (χ1v) is 6.78.